The summed E-state index contributed by atoms with van der Waals surface area (Å²) in [6.45, 7) is 7.44. The Morgan fingerprint density at radius 1 is 1.50 bits per heavy atom. The van der Waals surface area contributed by atoms with Crippen LogP contribution in [-0.2, 0) is 16.1 Å². The smallest absolute Gasteiger partial charge is 0.268 e. The fourth-order valence-corrected chi connectivity index (χ4v) is 3.65. The van der Waals surface area contributed by atoms with E-state index < -0.39 is 5.91 Å². The van der Waals surface area contributed by atoms with Crippen molar-refractivity contribution in [2.24, 2.45) is 0 Å². The van der Waals surface area contributed by atoms with Crippen molar-refractivity contribution in [1.82, 2.24) is 14.8 Å². The third-order valence-corrected chi connectivity index (χ3v) is 5.19. The highest BCUT2D eigenvalue weighted by Gasteiger charge is 2.19. The van der Waals surface area contributed by atoms with E-state index in [4.69, 9.17) is 4.74 Å². The molecule has 8 heteroatoms. The quantitative estimate of drug-likeness (QED) is 0.644. The second-order valence-corrected chi connectivity index (χ2v) is 7.50. The Morgan fingerprint density at radius 2 is 2.31 bits per heavy atom. The molecule has 1 saturated heterocycles. The zero-order chi connectivity index (χ0) is 18.7. The molecule has 1 N–H and O–H groups in total. The van der Waals surface area contributed by atoms with Crippen molar-refractivity contribution in [3.63, 3.8) is 0 Å². The van der Waals surface area contributed by atoms with Crippen molar-refractivity contribution in [3.05, 3.63) is 33.6 Å². The number of hydrogen-bond acceptors (Lipinski definition) is 6. The monoisotopic (exact) mass is 371 g/mol. The molecule has 2 aromatic heterocycles. The van der Waals surface area contributed by atoms with Gasteiger partial charge < -0.3 is 9.30 Å². The van der Waals surface area contributed by atoms with Crippen molar-refractivity contribution >= 4 is 28.5 Å². The van der Waals surface area contributed by atoms with Crippen molar-refractivity contribution in [3.8, 4) is 6.07 Å². The summed E-state index contributed by atoms with van der Waals surface area (Å²) in [5, 5.41) is 20.9. The Labute approximate surface area is 156 Å². The van der Waals surface area contributed by atoms with Crippen LogP contribution in [0.25, 0.3) is 6.08 Å². The van der Waals surface area contributed by atoms with Gasteiger partial charge in [-0.15, -0.1) is 10.2 Å². The van der Waals surface area contributed by atoms with E-state index in [0.29, 0.717) is 5.13 Å². The Hall–Kier alpha value is -2.50. The molecule has 1 atom stereocenters. The Balaban J connectivity index is 1.80. The Morgan fingerprint density at radius 3 is 2.92 bits per heavy atom. The molecule has 1 unspecified atom stereocenters. The lowest BCUT2D eigenvalue weighted by atomic mass is 10.1. The molecule has 0 spiro atoms. The molecule has 1 amide bonds. The molecular formula is C18H21N5O2S. The maximum absolute atomic E-state index is 12.3. The molecule has 0 radical (unpaired) electrons. The van der Waals surface area contributed by atoms with Crippen molar-refractivity contribution in [1.29, 1.82) is 5.26 Å². The average Bonchev–Trinajstić information content (AvgIpc) is 3.31. The number of anilines is 1. The zero-order valence-corrected chi connectivity index (χ0v) is 15.9. The predicted octanol–water partition coefficient (Wildman–Crippen LogP) is 2.99. The number of aryl methyl sites for hydroxylation is 2. The van der Waals surface area contributed by atoms with E-state index >= 15 is 0 Å². The van der Waals surface area contributed by atoms with Crippen LogP contribution in [0.5, 0.6) is 0 Å². The molecule has 3 rings (SSSR count). The van der Waals surface area contributed by atoms with Gasteiger partial charge in [0.1, 0.15) is 16.6 Å². The summed E-state index contributed by atoms with van der Waals surface area (Å²) < 4.78 is 7.90. The summed E-state index contributed by atoms with van der Waals surface area (Å²) in [4.78, 5) is 12.3. The number of nitrogens with zero attached hydrogens (tertiary/aromatic N) is 4. The first-order chi connectivity index (χ1) is 12.5. The number of aromatic nitrogens is 3. The van der Waals surface area contributed by atoms with Crippen LogP contribution in [0.3, 0.4) is 0 Å². The summed E-state index contributed by atoms with van der Waals surface area (Å²) in [5.41, 5.74) is 3.00. The van der Waals surface area contributed by atoms with Crippen LogP contribution in [0.15, 0.2) is 11.6 Å². The second kappa shape index (κ2) is 7.81. The van der Waals surface area contributed by atoms with E-state index in [1.54, 1.807) is 13.0 Å². The topological polar surface area (TPSA) is 92.8 Å². The molecule has 1 aliphatic heterocycles. The number of nitrogens with one attached hydrogen (secondary N) is 1. The highest BCUT2D eigenvalue weighted by molar-refractivity contribution is 7.15. The summed E-state index contributed by atoms with van der Waals surface area (Å²) >= 11 is 1.27. The van der Waals surface area contributed by atoms with E-state index in [1.807, 2.05) is 26.0 Å². The van der Waals surface area contributed by atoms with E-state index in [-0.39, 0.29) is 11.7 Å². The number of carbonyl (C=O) groups is 1. The van der Waals surface area contributed by atoms with Gasteiger partial charge in [0.2, 0.25) is 5.13 Å². The van der Waals surface area contributed by atoms with Crippen LogP contribution in [0, 0.1) is 32.1 Å². The predicted molar refractivity (Wildman–Crippen MR) is 99.7 cm³/mol. The lowest BCUT2D eigenvalue weighted by molar-refractivity contribution is -0.112. The Bertz CT molecular complexity index is 884. The van der Waals surface area contributed by atoms with Crippen molar-refractivity contribution < 1.29 is 9.53 Å². The van der Waals surface area contributed by atoms with Crippen LogP contribution >= 0.6 is 11.3 Å². The fraction of sp³-hybridized carbons (Fsp3) is 0.444. The minimum absolute atomic E-state index is 0.0372. The molecule has 0 saturated carbocycles. The molecule has 3 heterocycles. The van der Waals surface area contributed by atoms with Crippen LogP contribution < -0.4 is 5.32 Å². The molecule has 1 aliphatic rings. The van der Waals surface area contributed by atoms with Crippen LogP contribution in [0.2, 0.25) is 0 Å². The summed E-state index contributed by atoms with van der Waals surface area (Å²) in [6.07, 6.45) is 4.02. The molecule has 136 valence electrons. The molecule has 7 nitrogen and oxygen atoms in total. The first-order valence-corrected chi connectivity index (χ1v) is 9.31. The van der Waals surface area contributed by atoms with Gasteiger partial charge >= 0.3 is 0 Å². The normalized spacial score (nSPS) is 17.3. The van der Waals surface area contributed by atoms with Gasteiger partial charge in [-0.25, -0.2) is 0 Å². The third-order valence-electron chi connectivity index (χ3n) is 4.43. The van der Waals surface area contributed by atoms with Gasteiger partial charge in [0.15, 0.2) is 0 Å². The van der Waals surface area contributed by atoms with Crippen molar-refractivity contribution in [2.75, 3.05) is 11.9 Å². The van der Waals surface area contributed by atoms with Crippen LogP contribution in [-0.4, -0.2) is 33.4 Å². The van der Waals surface area contributed by atoms with E-state index in [2.05, 4.69) is 20.1 Å². The number of rotatable bonds is 5. The molecule has 1 fully saturated rings. The lowest BCUT2D eigenvalue weighted by Crippen LogP contribution is -2.17. The van der Waals surface area contributed by atoms with E-state index in [1.165, 1.54) is 11.3 Å². The van der Waals surface area contributed by atoms with E-state index in [0.717, 1.165) is 48.0 Å². The van der Waals surface area contributed by atoms with Gasteiger partial charge in [-0.2, -0.15) is 5.26 Å². The molecule has 0 aromatic carbocycles. The van der Waals surface area contributed by atoms with Gasteiger partial charge in [0.05, 0.1) is 6.10 Å². The standard InChI is InChI=1S/C18H21N5O2S/c1-11-7-14(12(2)23(11)10-16-5-4-6-25-16)8-15(9-19)17(24)20-18-22-21-13(3)26-18/h7-8,16H,4-6,10H2,1-3H3,(H,20,22,24)/b15-8-. The number of hydrogen-bond donors (Lipinski definition) is 1. The Kier molecular flexibility index (Phi) is 5.49. The van der Waals surface area contributed by atoms with Gasteiger partial charge in [0, 0.05) is 24.5 Å². The largest absolute Gasteiger partial charge is 0.376 e. The van der Waals surface area contributed by atoms with Gasteiger partial charge in [-0.05, 0) is 51.3 Å². The highest BCUT2D eigenvalue weighted by atomic mass is 32.1. The average molecular weight is 371 g/mol. The number of nitriles is 1. The number of carbonyl (C=O) groups excluding carboxylic acids is 1. The molecule has 26 heavy (non-hydrogen) atoms. The fourth-order valence-electron chi connectivity index (χ4n) is 3.06. The zero-order valence-electron chi connectivity index (χ0n) is 15.1. The van der Waals surface area contributed by atoms with Gasteiger partial charge in [-0.3, -0.25) is 10.1 Å². The second-order valence-electron chi connectivity index (χ2n) is 6.32. The summed E-state index contributed by atoms with van der Waals surface area (Å²) in [7, 11) is 0. The third kappa shape index (κ3) is 4.00. The van der Waals surface area contributed by atoms with Crippen molar-refractivity contribution in [2.45, 2.75) is 46.3 Å². The maximum Gasteiger partial charge on any atom is 0.268 e. The van der Waals surface area contributed by atoms with Crippen LogP contribution in [0.1, 0.15) is 34.8 Å². The van der Waals surface area contributed by atoms with Crippen LogP contribution in [0.4, 0.5) is 5.13 Å². The number of amides is 1. The minimum Gasteiger partial charge on any atom is -0.376 e. The minimum atomic E-state index is -0.479. The molecule has 0 bridgehead atoms. The number of ether oxygens (including phenoxy) is 1. The lowest BCUT2D eigenvalue weighted by Gasteiger charge is -2.14. The summed E-state index contributed by atoms with van der Waals surface area (Å²) in [6, 6.07) is 3.97. The molecular weight excluding hydrogens is 350 g/mol. The maximum atomic E-state index is 12.3. The van der Waals surface area contributed by atoms with Gasteiger partial charge in [-0.1, -0.05) is 11.3 Å². The molecule has 2 aromatic rings. The SMILES string of the molecule is Cc1nnc(NC(=O)/C(C#N)=C\c2cc(C)n(CC3CCCO3)c2C)s1. The highest BCUT2D eigenvalue weighted by Crippen LogP contribution is 2.22. The summed E-state index contributed by atoms with van der Waals surface area (Å²) in [5.74, 6) is -0.479. The van der Waals surface area contributed by atoms with Gasteiger partial charge in [0.25, 0.3) is 5.91 Å². The first-order valence-electron chi connectivity index (χ1n) is 8.49. The van der Waals surface area contributed by atoms with E-state index in [9.17, 15) is 10.1 Å². The first kappa shape index (κ1) is 18.3. The molecule has 0 aliphatic carbocycles.